The number of nitrogens with zero attached hydrogens (tertiary/aromatic N) is 2. The molecule has 0 saturated carbocycles. The second kappa shape index (κ2) is 14.8. The summed E-state index contributed by atoms with van der Waals surface area (Å²) in [6.07, 6.45) is 0.276. The zero-order valence-corrected chi connectivity index (χ0v) is 26.6. The first-order chi connectivity index (χ1) is 21.1. The number of hydrogen-bond donors (Lipinski definition) is 1. The summed E-state index contributed by atoms with van der Waals surface area (Å²) >= 11 is 0. The molecule has 8 heteroatoms. The molecule has 1 N–H and O–H groups in total. The molecule has 1 atom stereocenters. The lowest BCUT2D eigenvalue weighted by Gasteiger charge is -2.34. The first kappa shape index (κ1) is 32.5. The molecule has 0 fully saturated rings. The number of hydrogen-bond acceptors (Lipinski definition) is 4. The summed E-state index contributed by atoms with van der Waals surface area (Å²) in [5.74, 6) is -0.546. The van der Waals surface area contributed by atoms with Gasteiger partial charge >= 0.3 is 0 Å². The lowest BCUT2D eigenvalue weighted by molar-refractivity contribution is -0.140. The average Bonchev–Trinajstić information content (AvgIpc) is 3.02. The Hall–Kier alpha value is -4.43. The molecule has 7 nitrogen and oxygen atoms in total. The normalized spacial score (nSPS) is 12.0. The minimum atomic E-state index is -4.13. The molecule has 0 heterocycles. The first-order valence-electron chi connectivity index (χ1n) is 14.9. The molecule has 44 heavy (non-hydrogen) atoms. The number of carbonyl (C=O) groups is 2. The third-order valence-corrected chi connectivity index (χ3v) is 9.16. The summed E-state index contributed by atoms with van der Waals surface area (Å²) in [5, 5.41) is 3.02. The minimum absolute atomic E-state index is 0.0814. The number of amides is 2. The average molecular weight is 612 g/mol. The number of nitrogens with one attached hydrogen (secondary N) is 1. The molecule has 0 radical (unpaired) electrons. The van der Waals surface area contributed by atoms with E-state index in [-0.39, 0.29) is 29.7 Å². The van der Waals surface area contributed by atoms with Crippen LogP contribution in [0.15, 0.2) is 114 Å². The second-order valence-electron chi connectivity index (χ2n) is 11.5. The number of aryl methyl sites for hydroxylation is 2. The molecule has 0 unspecified atom stereocenters. The maximum Gasteiger partial charge on any atom is 0.264 e. The summed E-state index contributed by atoms with van der Waals surface area (Å²) in [5.41, 5.74) is 3.84. The van der Waals surface area contributed by atoms with Crippen molar-refractivity contribution in [1.82, 2.24) is 10.2 Å². The monoisotopic (exact) mass is 611 g/mol. The SMILES string of the molecule is Cc1ccc(N(CC(=O)N(Cc2ccccc2)[C@H](Cc2ccccc2)C(=O)NCC(C)C)S(=O)(=O)c2ccccc2)c(C)c1. The van der Waals surface area contributed by atoms with E-state index in [0.717, 1.165) is 22.3 Å². The number of benzene rings is 4. The summed E-state index contributed by atoms with van der Waals surface area (Å²) < 4.78 is 29.4. The third-order valence-electron chi connectivity index (χ3n) is 7.38. The van der Waals surface area contributed by atoms with Crippen LogP contribution in [0.2, 0.25) is 0 Å². The Morgan fingerprint density at radius 1 is 0.773 bits per heavy atom. The summed E-state index contributed by atoms with van der Waals surface area (Å²) in [7, 11) is -4.13. The van der Waals surface area contributed by atoms with Crippen LogP contribution in [0, 0.1) is 19.8 Å². The van der Waals surface area contributed by atoms with Crippen LogP contribution >= 0.6 is 0 Å². The van der Waals surface area contributed by atoms with Gasteiger partial charge in [0.05, 0.1) is 10.6 Å². The number of carbonyl (C=O) groups excluding carboxylic acids is 2. The molecule has 0 spiro atoms. The van der Waals surface area contributed by atoms with Gasteiger partial charge in [-0.2, -0.15) is 0 Å². The molecule has 0 aliphatic carbocycles. The molecule has 4 rings (SSSR count). The molecule has 0 saturated heterocycles. The largest absolute Gasteiger partial charge is 0.354 e. The Morgan fingerprint density at radius 3 is 1.91 bits per heavy atom. The Morgan fingerprint density at radius 2 is 1.34 bits per heavy atom. The molecular weight excluding hydrogens is 570 g/mol. The molecular formula is C36H41N3O4S. The minimum Gasteiger partial charge on any atom is -0.354 e. The zero-order chi connectivity index (χ0) is 31.7. The lowest BCUT2D eigenvalue weighted by Crippen LogP contribution is -2.53. The van der Waals surface area contributed by atoms with Crippen LogP contribution in [-0.4, -0.2) is 44.3 Å². The van der Waals surface area contributed by atoms with Crippen molar-refractivity contribution in [2.75, 3.05) is 17.4 Å². The van der Waals surface area contributed by atoms with Crippen LogP contribution in [-0.2, 0) is 32.6 Å². The quantitative estimate of drug-likeness (QED) is 0.204. The molecule has 230 valence electrons. The van der Waals surface area contributed by atoms with Gasteiger partial charge < -0.3 is 10.2 Å². The highest BCUT2D eigenvalue weighted by Gasteiger charge is 2.35. The zero-order valence-electron chi connectivity index (χ0n) is 25.8. The fourth-order valence-electron chi connectivity index (χ4n) is 5.07. The fourth-order valence-corrected chi connectivity index (χ4v) is 6.57. The molecule has 4 aromatic rings. The summed E-state index contributed by atoms with van der Waals surface area (Å²) in [6, 6.07) is 31.7. The summed E-state index contributed by atoms with van der Waals surface area (Å²) in [6.45, 7) is 7.90. The highest BCUT2D eigenvalue weighted by molar-refractivity contribution is 7.92. The molecule has 4 aromatic carbocycles. The molecule has 0 aliphatic heterocycles. The topological polar surface area (TPSA) is 86.8 Å². The standard InChI is InChI=1S/C36H41N3O4S/c1-27(2)24-37-36(41)34(23-30-14-8-5-9-15-30)38(25-31-16-10-6-11-17-31)35(40)26-39(33-21-20-28(3)22-29(33)4)44(42,43)32-18-12-7-13-19-32/h5-22,27,34H,23-26H2,1-4H3,(H,37,41)/t34-/m1/s1. The number of anilines is 1. The summed E-state index contributed by atoms with van der Waals surface area (Å²) in [4.78, 5) is 29.9. The van der Waals surface area contributed by atoms with Crippen LogP contribution in [0.25, 0.3) is 0 Å². The van der Waals surface area contributed by atoms with Crippen LogP contribution in [0.4, 0.5) is 5.69 Å². The van der Waals surface area contributed by atoms with Crippen LogP contribution in [0.3, 0.4) is 0 Å². The van der Waals surface area contributed by atoms with Crippen molar-refractivity contribution in [3.05, 3.63) is 131 Å². The van der Waals surface area contributed by atoms with Crippen molar-refractivity contribution in [3.8, 4) is 0 Å². The van der Waals surface area contributed by atoms with Crippen molar-refractivity contribution >= 4 is 27.5 Å². The highest BCUT2D eigenvalue weighted by Crippen LogP contribution is 2.28. The van der Waals surface area contributed by atoms with Crippen LogP contribution < -0.4 is 9.62 Å². The van der Waals surface area contributed by atoms with Gasteiger partial charge in [-0.3, -0.25) is 13.9 Å². The van der Waals surface area contributed by atoms with Crippen LogP contribution in [0.1, 0.15) is 36.1 Å². The van der Waals surface area contributed by atoms with Crippen molar-refractivity contribution in [2.45, 2.75) is 51.6 Å². The van der Waals surface area contributed by atoms with Gasteiger partial charge in [0.25, 0.3) is 10.0 Å². The van der Waals surface area contributed by atoms with E-state index in [4.69, 9.17) is 0 Å². The van der Waals surface area contributed by atoms with Crippen molar-refractivity contribution in [1.29, 1.82) is 0 Å². The lowest BCUT2D eigenvalue weighted by atomic mass is 10.0. The Kier molecular flexibility index (Phi) is 11.0. The maximum atomic E-state index is 14.5. The molecule has 0 bridgehead atoms. The Balaban J connectivity index is 1.80. The van der Waals surface area contributed by atoms with E-state index in [1.54, 1.807) is 24.3 Å². The Bertz CT molecular complexity index is 1640. The van der Waals surface area contributed by atoms with Gasteiger partial charge in [-0.25, -0.2) is 8.42 Å². The van der Waals surface area contributed by atoms with Crippen LogP contribution in [0.5, 0.6) is 0 Å². The third kappa shape index (κ3) is 8.35. The predicted octanol–water partition coefficient (Wildman–Crippen LogP) is 5.91. The van der Waals surface area contributed by atoms with Crippen molar-refractivity contribution in [2.24, 2.45) is 5.92 Å². The van der Waals surface area contributed by atoms with Gasteiger partial charge in [0.2, 0.25) is 11.8 Å². The molecule has 0 aliphatic rings. The van der Waals surface area contributed by atoms with Gasteiger partial charge in [0, 0.05) is 19.5 Å². The van der Waals surface area contributed by atoms with Gasteiger partial charge in [-0.15, -0.1) is 0 Å². The van der Waals surface area contributed by atoms with E-state index in [2.05, 4.69) is 5.32 Å². The fraction of sp³-hybridized carbons (Fsp3) is 0.278. The second-order valence-corrected chi connectivity index (χ2v) is 13.3. The van der Waals surface area contributed by atoms with E-state index < -0.39 is 28.5 Å². The van der Waals surface area contributed by atoms with E-state index in [1.807, 2.05) is 100 Å². The maximum absolute atomic E-state index is 14.5. The predicted molar refractivity (Wildman–Crippen MR) is 176 cm³/mol. The Labute approximate surface area is 261 Å². The number of sulfonamides is 1. The molecule has 2 amide bonds. The van der Waals surface area contributed by atoms with E-state index in [9.17, 15) is 18.0 Å². The molecule has 0 aromatic heterocycles. The van der Waals surface area contributed by atoms with E-state index in [1.165, 1.54) is 21.3 Å². The van der Waals surface area contributed by atoms with Gasteiger partial charge in [-0.05, 0) is 54.7 Å². The van der Waals surface area contributed by atoms with Gasteiger partial charge in [-0.1, -0.05) is 110 Å². The van der Waals surface area contributed by atoms with Crippen molar-refractivity contribution in [3.63, 3.8) is 0 Å². The highest BCUT2D eigenvalue weighted by atomic mass is 32.2. The van der Waals surface area contributed by atoms with E-state index >= 15 is 0 Å². The van der Waals surface area contributed by atoms with Gasteiger partial charge in [0.15, 0.2) is 0 Å². The number of rotatable bonds is 13. The first-order valence-corrected chi connectivity index (χ1v) is 16.3. The van der Waals surface area contributed by atoms with E-state index in [0.29, 0.717) is 12.2 Å². The smallest absolute Gasteiger partial charge is 0.264 e. The van der Waals surface area contributed by atoms with Crippen molar-refractivity contribution < 1.29 is 18.0 Å². The van der Waals surface area contributed by atoms with Gasteiger partial charge in [0.1, 0.15) is 12.6 Å².